The first-order valence-corrected chi connectivity index (χ1v) is 8.11. The number of pyridine rings is 2. The molecule has 0 amide bonds. The number of carbonyl (C=O) groups is 1. The lowest BCUT2D eigenvalue weighted by atomic mass is 10.0. The van der Waals surface area contributed by atoms with E-state index >= 15 is 0 Å². The van der Waals surface area contributed by atoms with E-state index in [1.165, 1.54) is 24.0 Å². The molecule has 4 nitrogen and oxygen atoms in total. The molecule has 1 aromatic carbocycles. The normalized spacial score (nSPS) is 11.6. The van der Waals surface area contributed by atoms with Gasteiger partial charge in [-0.2, -0.15) is 4.39 Å². The van der Waals surface area contributed by atoms with Crippen LogP contribution < -0.4 is 0 Å². The SMILES string of the molecule is CC(C)(Sc1ccnc2ccc(-c3ccnc(F)c3)cc12)C(=O)O. The van der Waals surface area contributed by atoms with Crippen molar-refractivity contribution in [2.24, 2.45) is 0 Å². The minimum Gasteiger partial charge on any atom is -0.480 e. The molecule has 3 aromatic rings. The van der Waals surface area contributed by atoms with Gasteiger partial charge in [0.25, 0.3) is 0 Å². The van der Waals surface area contributed by atoms with E-state index in [4.69, 9.17) is 0 Å². The van der Waals surface area contributed by atoms with Gasteiger partial charge in [-0.25, -0.2) is 4.98 Å². The van der Waals surface area contributed by atoms with Crippen molar-refractivity contribution < 1.29 is 14.3 Å². The Bertz CT molecular complexity index is 928. The van der Waals surface area contributed by atoms with Crippen molar-refractivity contribution in [1.29, 1.82) is 0 Å². The van der Waals surface area contributed by atoms with Crippen molar-refractivity contribution in [3.8, 4) is 11.1 Å². The van der Waals surface area contributed by atoms with Gasteiger partial charge < -0.3 is 5.11 Å². The lowest BCUT2D eigenvalue weighted by molar-refractivity contribution is -0.138. The summed E-state index contributed by atoms with van der Waals surface area (Å²) >= 11 is 1.26. The van der Waals surface area contributed by atoms with Crippen molar-refractivity contribution in [2.45, 2.75) is 23.5 Å². The van der Waals surface area contributed by atoms with Crippen LogP contribution >= 0.6 is 11.8 Å². The van der Waals surface area contributed by atoms with Gasteiger partial charge in [0.15, 0.2) is 0 Å². The van der Waals surface area contributed by atoms with E-state index in [2.05, 4.69) is 9.97 Å². The van der Waals surface area contributed by atoms with Gasteiger partial charge in [-0.05, 0) is 49.2 Å². The summed E-state index contributed by atoms with van der Waals surface area (Å²) in [5, 5.41) is 10.2. The molecule has 0 saturated carbocycles. The molecule has 0 fully saturated rings. The quantitative estimate of drug-likeness (QED) is 0.563. The van der Waals surface area contributed by atoms with Gasteiger partial charge in [-0.15, -0.1) is 11.8 Å². The lowest BCUT2D eigenvalue weighted by Gasteiger charge is -2.19. The maximum Gasteiger partial charge on any atom is 0.319 e. The molecule has 0 aliphatic carbocycles. The molecule has 0 spiro atoms. The molecule has 0 aliphatic heterocycles. The van der Waals surface area contributed by atoms with Crippen LogP contribution in [0.25, 0.3) is 22.0 Å². The highest BCUT2D eigenvalue weighted by molar-refractivity contribution is 8.01. The van der Waals surface area contributed by atoms with Crippen molar-refractivity contribution in [2.75, 3.05) is 0 Å². The number of rotatable bonds is 4. The number of thioether (sulfide) groups is 1. The Morgan fingerprint density at radius 3 is 2.50 bits per heavy atom. The molecule has 0 atom stereocenters. The number of halogens is 1. The predicted octanol–water partition coefficient (Wildman–Crippen LogP) is 4.39. The van der Waals surface area contributed by atoms with Gasteiger partial charge in [0.2, 0.25) is 5.95 Å². The third-order valence-corrected chi connectivity index (χ3v) is 4.90. The highest BCUT2D eigenvalue weighted by atomic mass is 32.2. The van der Waals surface area contributed by atoms with Gasteiger partial charge in [0.1, 0.15) is 4.75 Å². The molecule has 2 heterocycles. The fourth-order valence-corrected chi connectivity index (χ4v) is 3.33. The van der Waals surface area contributed by atoms with Crippen molar-refractivity contribution in [1.82, 2.24) is 9.97 Å². The van der Waals surface area contributed by atoms with Crippen molar-refractivity contribution >= 4 is 28.6 Å². The number of nitrogens with zero attached hydrogens (tertiary/aromatic N) is 2. The fraction of sp³-hybridized carbons (Fsp3) is 0.167. The zero-order valence-electron chi connectivity index (χ0n) is 13.2. The van der Waals surface area contributed by atoms with Crippen LogP contribution in [-0.2, 0) is 4.79 Å². The Balaban J connectivity index is 2.11. The average Bonchev–Trinajstić information content (AvgIpc) is 2.54. The summed E-state index contributed by atoms with van der Waals surface area (Å²) in [5.41, 5.74) is 2.30. The van der Waals surface area contributed by atoms with E-state index in [1.807, 2.05) is 18.2 Å². The summed E-state index contributed by atoms with van der Waals surface area (Å²) in [7, 11) is 0. The van der Waals surface area contributed by atoms with Gasteiger partial charge >= 0.3 is 5.97 Å². The van der Waals surface area contributed by atoms with Gasteiger partial charge in [-0.1, -0.05) is 6.07 Å². The summed E-state index contributed by atoms with van der Waals surface area (Å²) in [6.45, 7) is 3.32. The largest absolute Gasteiger partial charge is 0.480 e. The average molecular weight is 342 g/mol. The summed E-state index contributed by atoms with van der Waals surface area (Å²) < 4.78 is 12.4. The summed E-state index contributed by atoms with van der Waals surface area (Å²) in [6, 6.07) is 10.5. The topological polar surface area (TPSA) is 63.1 Å². The summed E-state index contributed by atoms with van der Waals surface area (Å²) in [4.78, 5) is 20.1. The molecule has 1 N–H and O–H groups in total. The monoisotopic (exact) mass is 342 g/mol. The molecular weight excluding hydrogens is 327 g/mol. The highest BCUT2D eigenvalue weighted by Gasteiger charge is 2.29. The molecule has 0 radical (unpaired) electrons. The Labute approximate surface area is 142 Å². The molecular formula is C18H15FN2O2S. The fourth-order valence-electron chi connectivity index (χ4n) is 2.29. The molecule has 0 bridgehead atoms. The number of carboxylic acid groups (broad SMARTS) is 1. The van der Waals surface area contributed by atoms with Gasteiger partial charge in [0, 0.05) is 28.7 Å². The van der Waals surface area contributed by atoms with E-state index in [0.29, 0.717) is 5.56 Å². The van der Waals surface area contributed by atoms with Crippen LogP contribution in [0.2, 0.25) is 0 Å². The summed E-state index contributed by atoms with van der Waals surface area (Å²) in [6.07, 6.45) is 3.08. The molecule has 122 valence electrons. The third-order valence-electron chi connectivity index (χ3n) is 3.64. The van der Waals surface area contributed by atoms with E-state index < -0.39 is 16.7 Å². The highest BCUT2D eigenvalue weighted by Crippen LogP contribution is 2.37. The van der Waals surface area contributed by atoms with Crippen LogP contribution in [0.5, 0.6) is 0 Å². The molecule has 3 rings (SSSR count). The van der Waals surface area contributed by atoms with Crippen LogP contribution in [0.15, 0.2) is 53.7 Å². The Hall–Kier alpha value is -2.47. The van der Waals surface area contributed by atoms with Crippen LogP contribution in [0.4, 0.5) is 4.39 Å². The zero-order chi connectivity index (χ0) is 17.3. The first-order chi connectivity index (χ1) is 11.4. The van der Waals surface area contributed by atoms with E-state index in [0.717, 1.165) is 21.4 Å². The number of aromatic nitrogens is 2. The smallest absolute Gasteiger partial charge is 0.319 e. The number of benzene rings is 1. The maximum atomic E-state index is 13.4. The van der Waals surface area contributed by atoms with Crippen molar-refractivity contribution in [3.05, 3.63) is 54.7 Å². The number of fused-ring (bicyclic) bond motifs is 1. The second kappa shape index (κ2) is 6.20. The second-order valence-corrected chi connectivity index (χ2v) is 7.49. The number of hydrogen-bond donors (Lipinski definition) is 1. The molecule has 0 unspecified atom stereocenters. The Morgan fingerprint density at radius 1 is 1.08 bits per heavy atom. The zero-order valence-corrected chi connectivity index (χ0v) is 14.0. The predicted molar refractivity (Wildman–Crippen MR) is 92.5 cm³/mol. The summed E-state index contributed by atoms with van der Waals surface area (Å²) in [5.74, 6) is -1.43. The van der Waals surface area contributed by atoms with E-state index in [1.54, 1.807) is 32.2 Å². The standard InChI is InChI=1S/C18H15FN2O2S/c1-18(2,17(22)23)24-15-6-8-20-14-4-3-11(9-13(14)15)12-5-7-21-16(19)10-12/h3-10H,1-2H3,(H,22,23). The van der Waals surface area contributed by atoms with Crippen LogP contribution in [0, 0.1) is 5.95 Å². The second-order valence-electron chi connectivity index (χ2n) is 5.83. The maximum absolute atomic E-state index is 13.4. The van der Waals surface area contributed by atoms with Crippen molar-refractivity contribution in [3.63, 3.8) is 0 Å². The number of aliphatic carboxylic acids is 1. The first kappa shape index (κ1) is 16.4. The Morgan fingerprint density at radius 2 is 1.79 bits per heavy atom. The van der Waals surface area contributed by atoms with E-state index in [9.17, 15) is 14.3 Å². The first-order valence-electron chi connectivity index (χ1n) is 7.30. The minimum atomic E-state index is -0.965. The van der Waals surface area contributed by atoms with Gasteiger partial charge in [-0.3, -0.25) is 9.78 Å². The van der Waals surface area contributed by atoms with Crippen LogP contribution in [-0.4, -0.2) is 25.8 Å². The molecule has 0 aliphatic rings. The number of carboxylic acids is 1. The lowest BCUT2D eigenvalue weighted by Crippen LogP contribution is -2.26. The number of hydrogen-bond acceptors (Lipinski definition) is 4. The van der Waals surface area contributed by atoms with Gasteiger partial charge in [0.05, 0.1) is 5.52 Å². The molecule has 24 heavy (non-hydrogen) atoms. The van der Waals surface area contributed by atoms with Crippen LogP contribution in [0.1, 0.15) is 13.8 Å². The Kier molecular flexibility index (Phi) is 4.24. The van der Waals surface area contributed by atoms with E-state index in [-0.39, 0.29) is 0 Å². The molecule has 0 saturated heterocycles. The minimum absolute atomic E-state index is 0.541. The third kappa shape index (κ3) is 3.23. The van der Waals surface area contributed by atoms with Crippen LogP contribution in [0.3, 0.4) is 0 Å². The molecule has 6 heteroatoms. The molecule has 2 aromatic heterocycles.